The Hall–Kier alpha value is 1.12. The van der Waals surface area contributed by atoms with E-state index in [1.807, 2.05) is 6.92 Å². The SMILES string of the molecule is CCP(#P)OP. The van der Waals surface area contributed by atoms with Crippen LogP contribution in [0, 0.1) is 0 Å². The van der Waals surface area contributed by atoms with Crippen molar-refractivity contribution in [1.29, 1.82) is 0 Å². The van der Waals surface area contributed by atoms with Crippen LogP contribution in [0.25, 0.3) is 0 Å². The van der Waals surface area contributed by atoms with Crippen LogP contribution in [0.1, 0.15) is 6.92 Å². The van der Waals surface area contributed by atoms with E-state index in [2.05, 4.69) is 17.8 Å². The van der Waals surface area contributed by atoms with Gasteiger partial charge in [0.2, 0.25) is 0 Å². The molecule has 0 heterocycles. The van der Waals surface area contributed by atoms with E-state index in [0.29, 0.717) is 0 Å². The van der Waals surface area contributed by atoms with Crippen molar-refractivity contribution in [3.8, 4) is 0 Å². The van der Waals surface area contributed by atoms with E-state index in [4.69, 9.17) is 4.31 Å². The topological polar surface area (TPSA) is 9.23 Å². The molecule has 0 amide bonds. The Balaban J connectivity index is 3.08. The molecule has 0 saturated carbocycles. The van der Waals surface area contributed by atoms with E-state index in [1.165, 1.54) is 0 Å². The van der Waals surface area contributed by atoms with Crippen LogP contribution >= 0.6 is 25.1 Å². The van der Waals surface area contributed by atoms with Crippen LogP contribution < -0.4 is 0 Å². The van der Waals surface area contributed by atoms with Crippen LogP contribution in [0.2, 0.25) is 0 Å². The number of rotatable bonds is 0. The molecule has 0 spiro atoms. The van der Waals surface area contributed by atoms with Gasteiger partial charge in [-0.25, -0.2) is 0 Å². The summed E-state index contributed by atoms with van der Waals surface area (Å²) in [5, 5.41) is 0. The maximum absolute atomic E-state index is 4.74. The third-order valence-corrected chi connectivity index (χ3v) is 3.60. The monoisotopic (exact) mass is 140 g/mol. The Bertz CT molecular complexity index is 72.5. The Morgan fingerprint density at radius 1 is 2.00 bits per heavy atom. The third kappa shape index (κ3) is 3.32. The molecule has 0 aromatic carbocycles. The van der Waals surface area contributed by atoms with Crippen molar-refractivity contribution in [2.75, 3.05) is 6.16 Å². The molecule has 0 aromatic heterocycles. The zero-order chi connectivity index (χ0) is 4.99. The van der Waals surface area contributed by atoms with E-state index >= 15 is 0 Å². The predicted molar refractivity (Wildman–Crippen MR) is 35.2 cm³/mol. The van der Waals surface area contributed by atoms with Crippen molar-refractivity contribution >= 4 is 25.1 Å². The molecule has 0 radical (unpaired) electrons. The summed E-state index contributed by atoms with van der Waals surface area (Å²) in [5.74, 6) is 0. The van der Waals surface area contributed by atoms with E-state index in [9.17, 15) is 0 Å². The van der Waals surface area contributed by atoms with Crippen molar-refractivity contribution < 1.29 is 4.31 Å². The van der Waals surface area contributed by atoms with Gasteiger partial charge in [0.05, 0.1) is 0 Å². The molecule has 6 heavy (non-hydrogen) atoms. The predicted octanol–water partition coefficient (Wildman–Crippen LogP) is 2.54. The average Bonchev–Trinajstić information content (AvgIpc) is 1.65. The van der Waals surface area contributed by atoms with Gasteiger partial charge >= 0.3 is 42.5 Å². The Labute approximate surface area is 43.3 Å². The van der Waals surface area contributed by atoms with Crippen molar-refractivity contribution in [2.24, 2.45) is 0 Å². The molecule has 0 aliphatic heterocycles. The second-order valence-electron chi connectivity index (χ2n) is 0.774. The van der Waals surface area contributed by atoms with Crippen LogP contribution in [0.5, 0.6) is 0 Å². The summed E-state index contributed by atoms with van der Waals surface area (Å²) in [6, 6.07) is 0. The number of hydrogen-bond donors (Lipinski definition) is 0. The molecule has 2 unspecified atom stereocenters. The molecule has 0 aliphatic carbocycles. The van der Waals surface area contributed by atoms with Crippen molar-refractivity contribution in [2.45, 2.75) is 6.92 Å². The van der Waals surface area contributed by atoms with Gasteiger partial charge < -0.3 is 0 Å². The zero-order valence-corrected chi connectivity index (χ0v) is 6.53. The Kier molecular flexibility index (Phi) is 5.08. The zero-order valence-electron chi connectivity index (χ0n) is 3.59. The minimum atomic E-state index is -0.419. The summed E-state index contributed by atoms with van der Waals surface area (Å²) in [6.07, 6.45) is 1.02. The molecule has 0 rings (SSSR count). The molecule has 36 valence electrons. The Morgan fingerprint density at radius 2 is 2.50 bits per heavy atom. The molecule has 0 bridgehead atoms. The molecule has 4 heteroatoms. The van der Waals surface area contributed by atoms with E-state index < -0.39 is 7.25 Å². The van der Waals surface area contributed by atoms with Crippen LogP contribution in [0.15, 0.2) is 0 Å². The van der Waals surface area contributed by atoms with E-state index in [-0.39, 0.29) is 0 Å². The summed E-state index contributed by atoms with van der Waals surface area (Å²) in [5.41, 5.74) is 0. The van der Waals surface area contributed by atoms with Gasteiger partial charge in [-0.15, -0.1) is 0 Å². The van der Waals surface area contributed by atoms with Crippen molar-refractivity contribution in [3.63, 3.8) is 0 Å². The fourth-order valence-corrected chi connectivity index (χ4v) is 0.671. The summed E-state index contributed by atoms with van der Waals surface area (Å²) in [6.45, 7) is 2.04. The second kappa shape index (κ2) is 4.28. The van der Waals surface area contributed by atoms with Crippen LogP contribution in [-0.4, -0.2) is 6.16 Å². The summed E-state index contributed by atoms with van der Waals surface area (Å²) >= 11 is 0. The summed E-state index contributed by atoms with van der Waals surface area (Å²) in [7, 11) is 5.82. The second-order valence-corrected chi connectivity index (χ2v) is 4.29. The van der Waals surface area contributed by atoms with Crippen LogP contribution in [-0.2, 0) is 4.31 Å². The van der Waals surface area contributed by atoms with Crippen molar-refractivity contribution in [3.05, 3.63) is 0 Å². The molecule has 0 N–H and O–H groups in total. The fraction of sp³-hybridized carbons (Fsp3) is 1.00. The molecule has 0 aliphatic rings. The van der Waals surface area contributed by atoms with Gasteiger partial charge in [0.1, 0.15) is 0 Å². The molecule has 0 saturated heterocycles. The van der Waals surface area contributed by atoms with Gasteiger partial charge in [-0.3, -0.25) is 0 Å². The van der Waals surface area contributed by atoms with E-state index in [1.54, 1.807) is 0 Å². The maximum atomic E-state index is 4.74. The molecule has 1 nitrogen and oxygen atoms in total. The normalized spacial score (nSPS) is 11.2. The first-order chi connectivity index (χ1) is 2.81. The summed E-state index contributed by atoms with van der Waals surface area (Å²) in [4.78, 5) is 0. The molecule has 0 fully saturated rings. The van der Waals surface area contributed by atoms with Crippen LogP contribution in [0.3, 0.4) is 0 Å². The summed E-state index contributed by atoms with van der Waals surface area (Å²) < 4.78 is 4.74. The van der Waals surface area contributed by atoms with Gasteiger partial charge in [-0.2, -0.15) is 0 Å². The first kappa shape index (κ1) is 7.12. The van der Waals surface area contributed by atoms with Gasteiger partial charge in [-0.1, -0.05) is 0 Å². The quantitative estimate of drug-likeness (QED) is 0.469. The third-order valence-electron chi connectivity index (χ3n) is 0.392. The van der Waals surface area contributed by atoms with Crippen molar-refractivity contribution in [1.82, 2.24) is 0 Å². The van der Waals surface area contributed by atoms with Gasteiger partial charge in [0.25, 0.3) is 0 Å². The first-order valence-electron chi connectivity index (χ1n) is 1.64. The molecule has 0 aromatic rings. The number of hydrogen-bond acceptors (Lipinski definition) is 1. The van der Waals surface area contributed by atoms with Gasteiger partial charge in [-0.05, 0) is 0 Å². The van der Waals surface area contributed by atoms with Gasteiger partial charge in [0.15, 0.2) is 0 Å². The van der Waals surface area contributed by atoms with Gasteiger partial charge in [0, 0.05) is 0 Å². The molecular formula is C2H7OP3. The standard InChI is InChI=1S/C2H7OP3/c1-2-6(5)3-4/h2,4H2,1H3. The molecule has 2 atom stereocenters. The average molecular weight is 140 g/mol. The Morgan fingerprint density at radius 3 is 2.50 bits per heavy atom. The van der Waals surface area contributed by atoms with Crippen LogP contribution in [0.4, 0.5) is 0 Å². The fourth-order valence-electron chi connectivity index (χ4n) is 0.0745. The molecular weight excluding hydrogens is 133 g/mol. The first-order valence-corrected chi connectivity index (χ1v) is 4.71. The van der Waals surface area contributed by atoms with E-state index in [0.717, 1.165) is 6.16 Å². The minimum absolute atomic E-state index is 0.419.